The van der Waals surface area contributed by atoms with E-state index < -0.39 is 0 Å². The summed E-state index contributed by atoms with van der Waals surface area (Å²) >= 11 is 0. The van der Waals surface area contributed by atoms with E-state index in [0.717, 1.165) is 35.3 Å². The Morgan fingerprint density at radius 1 is 1.22 bits per heavy atom. The molecule has 2 heteroatoms. The molecule has 1 aromatic carbocycles. The zero-order valence-corrected chi connectivity index (χ0v) is 10.9. The second kappa shape index (κ2) is 3.88. The molecule has 2 nitrogen and oxygen atoms in total. The third kappa shape index (κ3) is 1.62. The maximum Gasteiger partial charge on any atom is 0.132 e. The summed E-state index contributed by atoms with van der Waals surface area (Å²) in [5.74, 6) is 0.918. The van der Waals surface area contributed by atoms with E-state index in [-0.39, 0.29) is 5.60 Å². The van der Waals surface area contributed by atoms with E-state index in [9.17, 15) is 5.26 Å². The summed E-state index contributed by atoms with van der Waals surface area (Å²) in [5.41, 5.74) is 3.85. The van der Waals surface area contributed by atoms with Crippen molar-refractivity contribution in [2.75, 3.05) is 0 Å². The van der Waals surface area contributed by atoms with Gasteiger partial charge in [-0.1, -0.05) is 6.07 Å². The summed E-state index contributed by atoms with van der Waals surface area (Å²) in [6.45, 7) is 4.12. The van der Waals surface area contributed by atoms with Crippen molar-refractivity contribution in [1.29, 1.82) is 5.26 Å². The Balaban J connectivity index is 2.18. The lowest BCUT2D eigenvalue weighted by atomic mass is 9.89. The van der Waals surface area contributed by atoms with Crippen LogP contribution in [0.5, 0.6) is 5.75 Å². The van der Waals surface area contributed by atoms with Gasteiger partial charge in [-0.05, 0) is 62.8 Å². The Kier molecular flexibility index (Phi) is 2.45. The lowest BCUT2D eigenvalue weighted by Gasteiger charge is -2.33. The summed E-state index contributed by atoms with van der Waals surface area (Å²) in [5, 5.41) is 9.39. The van der Waals surface area contributed by atoms with E-state index in [4.69, 9.17) is 4.74 Å². The lowest BCUT2D eigenvalue weighted by Crippen LogP contribution is -2.33. The molecule has 0 unspecified atom stereocenters. The minimum absolute atomic E-state index is 0.210. The van der Waals surface area contributed by atoms with Gasteiger partial charge in [0.15, 0.2) is 0 Å². The van der Waals surface area contributed by atoms with Crippen LogP contribution in [0.1, 0.15) is 42.4 Å². The molecule has 1 fully saturated rings. The van der Waals surface area contributed by atoms with Gasteiger partial charge in [0.1, 0.15) is 11.4 Å². The van der Waals surface area contributed by atoms with Crippen molar-refractivity contribution in [2.45, 2.75) is 45.1 Å². The fourth-order valence-electron chi connectivity index (χ4n) is 3.18. The molecule has 1 aromatic rings. The van der Waals surface area contributed by atoms with Gasteiger partial charge in [-0.2, -0.15) is 5.26 Å². The summed E-state index contributed by atoms with van der Waals surface area (Å²) < 4.78 is 6.27. The third-order valence-corrected chi connectivity index (χ3v) is 3.99. The van der Waals surface area contributed by atoms with Crippen molar-refractivity contribution in [1.82, 2.24) is 0 Å². The van der Waals surface area contributed by atoms with Gasteiger partial charge in [0.2, 0.25) is 0 Å². The van der Waals surface area contributed by atoms with Crippen molar-refractivity contribution in [2.24, 2.45) is 0 Å². The van der Waals surface area contributed by atoms with Crippen LogP contribution in [-0.2, 0) is 0 Å². The first-order chi connectivity index (χ1) is 8.63. The zero-order valence-electron chi connectivity index (χ0n) is 10.9. The fraction of sp³-hybridized carbons (Fsp3) is 0.438. The van der Waals surface area contributed by atoms with Crippen LogP contribution in [0.15, 0.2) is 18.2 Å². The van der Waals surface area contributed by atoms with Crippen LogP contribution >= 0.6 is 0 Å². The van der Waals surface area contributed by atoms with Gasteiger partial charge in [0.05, 0.1) is 11.6 Å². The van der Waals surface area contributed by atoms with Crippen LogP contribution in [0, 0.1) is 25.2 Å². The van der Waals surface area contributed by atoms with Gasteiger partial charge in [0, 0.05) is 5.56 Å². The molecule has 1 heterocycles. The highest BCUT2D eigenvalue weighted by Crippen LogP contribution is 2.45. The first-order valence-corrected chi connectivity index (χ1v) is 6.57. The Morgan fingerprint density at radius 3 is 2.61 bits per heavy atom. The van der Waals surface area contributed by atoms with Crippen molar-refractivity contribution in [3.05, 3.63) is 34.9 Å². The fourth-order valence-corrected chi connectivity index (χ4v) is 3.18. The summed E-state index contributed by atoms with van der Waals surface area (Å²) in [6, 6.07) is 6.53. The van der Waals surface area contributed by atoms with E-state index in [0.29, 0.717) is 0 Å². The molecule has 1 spiro atoms. The SMILES string of the molecule is Cc1cc(C)c2c(c1)C(C#N)=CC1(CCCC1)O2. The average Bonchev–Trinajstić information content (AvgIpc) is 2.78. The maximum absolute atomic E-state index is 9.39. The molecule has 3 rings (SSSR count). The number of hydrogen-bond acceptors (Lipinski definition) is 2. The molecule has 0 radical (unpaired) electrons. The number of rotatable bonds is 0. The Labute approximate surface area is 108 Å². The first-order valence-electron chi connectivity index (χ1n) is 6.57. The quantitative estimate of drug-likeness (QED) is 0.687. The number of nitrogens with zero attached hydrogens (tertiary/aromatic N) is 1. The van der Waals surface area contributed by atoms with E-state index >= 15 is 0 Å². The van der Waals surface area contributed by atoms with Gasteiger partial charge < -0.3 is 4.74 Å². The number of hydrogen-bond donors (Lipinski definition) is 0. The minimum Gasteiger partial charge on any atom is -0.482 e. The molecule has 92 valence electrons. The second-order valence-electron chi connectivity index (χ2n) is 5.50. The highest BCUT2D eigenvalue weighted by atomic mass is 16.5. The third-order valence-electron chi connectivity index (χ3n) is 3.99. The number of ether oxygens (including phenoxy) is 1. The first kappa shape index (κ1) is 11.3. The van der Waals surface area contributed by atoms with Gasteiger partial charge >= 0.3 is 0 Å². The summed E-state index contributed by atoms with van der Waals surface area (Å²) in [7, 11) is 0. The molecule has 0 aromatic heterocycles. The van der Waals surface area contributed by atoms with Gasteiger partial charge in [-0.15, -0.1) is 0 Å². The lowest BCUT2D eigenvalue weighted by molar-refractivity contribution is 0.123. The van der Waals surface area contributed by atoms with Crippen molar-refractivity contribution in [3.63, 3.8) is 0 Å². The van der Waals surface area contributed by atoms with E-state index in [1.54, 1.807) is 0 Å². The average molecular weight is 239 g/mol. The highest BCUT2D eigenvalue weighted by molar-refractivity contribution is 5.83. The maximum atomic E-state index is 9.39. The van der Waals surface area contributed by atoms with Crippen molar-refractivity contribution < 1.29 is 4.74 Å². The summed E-state index contributed by atoms with van der Waals surface area (Å²) in [6.07, 6.45) is 6.50. The zero-order chi connectivity index (χ0) is 12.8. The van der Waals surface area contributed by atoms with Crippen molar-refractivity contribution >= 4 is 5.57 Å². The molecule has 0 bridgehead atoms. The Hall–Kier alpha value is -1.75. The molecule has 0 atom stereocenters. The van der Waals surface area contributed by atoms with Crippen LogP contribution in [0.2, 0.25) is 0 Å². The molecule has 0 saturated heterocycles. The Morgan fingerprint density at radius 2 is 1.94 bits per heavy atom. The predicted octanol–water partition coefficient (Wildman–Crippen LogP) is 3.92. The van der Waals surface area contributed by atoms with Crippen LogP contribution in [0.25, 0.3) is 5.57 Å². The number of allylic oxidation sites excluding steroid dienone is 1. The molecular weight excluding hydrogens is 222 g/mol. The smallest absolute Gasteiger partial charge is 0.132 e. The number of benzene rings is 1. The predicted molar refractivity (Wildman–Crippen MR) is 71.3 cm³/mol. The second-order valence-corrected chi connectivity index (χ2v) is 5.50. The van der Waals surface area contributed by atoms with Gasteiger partial charge in [-0.3, -0.25) is 0 Å². The largest absolute Gasteiger partial charge is 0.482 e. The number of fused-ring (bicyclic) bond motifs is 1. The number of aryl methyl sites for hydroxylation is 2. The van der Waals surface area contributed by atoms with Crippen LogP contribution in [0.4, 0.5) is 0 Å². The van der Waals surface area contributed by atoms with Gasteiger partial charge in [0.25, 0.3) is 0 Å². The van der Waals surface area contributed by atoms with E-state index in [2.05, 4.69) is 38.1 Å². The number of nitriles is 1. The van der Waals surface area contributed by atoms with Crippen LogP contribution in [-0.4, -0.2) is 5.60 Å². The van der Waals surface area contributed by atoms with Crippen LogP contribution in [0.3, 0.4) is 0 Å². The molecular formula is C16H17NO. The molecule has 2 aliphatic rings. The minimum atomic E-state index is -0.210. The van der Waals surface area contributed by atoms with Gasteiger partial charge in [-0.25, -0.2) is 0 Å². The topological polar surface area (TPSA) is 33.0 Å². The van der Waals surface area contributed by atoms with E-state index in [1.807, 2.05) is 0 Å². The standard InChI is InChI=1S/C16H17NO/c1-11-7-12(2)15-14(8-11)13(10-17)9-16(18-15)5-3-4-6-16/h7-9H,3-6H2,1-2H3. The molecule has 1 aliphatic heterocycles. The summed E-state index contributed by atoms with van der Waals surface area (Å²) in [4.78, 5) is 0. The van der Waals surface area contributed by atoms with Crippen LogP contribution < -0.4 is 4.74 Å². The Bertz CT molecular complexity index is 571. The molecule has 0 N–H and O–H groups in total. The highest BCUT2D eigenvalue weighted by Gasteiger charge is 2.38. The molecule has 0 amide bonds. The molecule has 1 aliphatic carbocycles. The van der Waals surface area contributed by atoms with Crippen molar-refractivity contribution in [3.8, 4) is 11.8 Å². The monoisotopic (exact) mass is 239 g/mol. The normalized spacial score (nSPS) is 19.9. The molecule has 18 heavy (non-hydrogen) atoms. The molecule has 1 saturated carbocycles. The van der Waals surface area contributed by atoms with E-state index in [1.165, 1.54) is 18.4 Å².